The van der Waals surface area contributed by atoms with Gasteiger partial charge >= 0.3 is 0 Å². The summed E-state index contributed by atoms with van der Waals surface area (Å²) in [5.41, 5.74) is 6.99. The molecule has 0 unspecified atom stereocenters. The van der Waals surface area contributed by atoms with Crippen molar-refractivity contribution in [2.45, 2.75) is 44.4 Å². The summed E-state index contributed by atoms with van der Waals surface area (Å²) in [5.74, 6) is 2.46. The van der Waals surface area contributed by atoms with Crippen molar-refractivity contribution in [3.63, 3.8) is 0 Å². The van der Waals surface area contributed by atoms with Gasteiger partial charge in [-0.15, -0.1) is 10.2 Å². The standard InChI is InChI=1S/C15H25N7O/c1-21-14(19-20-15(21)11-5-12(16)6-11)9-17-7-13-8-18-10-22(13)3-4-23-2/h8,10-12,17H,3-7,9,16H2,1-2H3. The van der Waals surface area contributed by atoms with Gasteiger partial charge in [-0.3, -0.25) is 0 Å². The Kier molecular flexibility index (Phi) is 5.04. The Morgan fingerprint density at radius 3 is 2.91 bits per heavy atom. The van der Waals surface area contributed by atoms with Crippen LogP contribution in [0.3, 0.4) is 0 Å². The molecular weight excluding hydrogens is 294 g/mol. The summed E-state index contributed by atoms with van der Waals surface area (Å²) in [7, 11) is 3.73. The second-order valence-electron chi connectivity index (χ2n) is 6.14. The van der Waals surface area contributed by atoms with Crippen LogP contribution in [0.5, 0.6) is 0 Å². The predicted molar refractivity (Wildman–Crippen MR) is 85.6 cm³/mol. The minimum Gasteiger partial charge on any atom is -0.383 e. The van der Waals surface area contributed by atoms with Crippen LogP contribution >= 0.6 is 0 Å². The number of methoxy groups -OCH3 is 1. The number of nitrogens with two attached hydrogens (primary N) is 1. The van der Waals surface area contributed by atoms with E-state index in [2.05, 4.69) is 29.6 Å². The molecule has 0 aliphatic heterocycles. The van der Waals surface area contributed by atoms with Gasteiger partial charge in [0.05, 0.1) is 25.2 Å². The summed E-state index contributed by atoms with van der Waals surface area (Å²) < 4.78 is 9.29. The molecule has 3 rings (SSSR count). The van der Waals surface area contributed by atoms with Crippen LogP contribution in [0, 0.1) is 0 Å². The summed E-state index contributed by atoms with van der Waals surface area (Å²) in [4.78, 5) is 4.19. The third-order valence-corrected chi connectivity index (χ3v) is 4.46. The number of hydrogen-bond donors (Lipinski definition) is 2. The maximum absolute atomic E-state index is 5.86. The zero-order valence-electron chi connectivity index (χ0n) is 13.8. The summed E-state index contributed by atoms with van der Waals surface area (Å²) in [5, 5.41) is 12.0. The van der Waals surface area contributed by atoms with Crippen molar-refractivity contribution in [1.82, 2.24) is 29.6 Å². The van der Waals surface area contributed by atoms with Crippen LogP contribution in [0.25, 0.3) is 0 Å². The number of ether oxygens (including phenoxy) is 1. The van der Waals surface area contributed by atoms with E-state index in [0.717, 1.165) is 43.3 Å². The van der Waals surface area contributed by atoms with E-state index in [-0.39, 0.29) is 0 Å². The first-order valence-electron chi connectivity index (χ1n) is 8.01. The van der Waals surface area contributed by atoms with Crippen molar-refractivity contribution in [2.75, 3.05) is 13.7 Å². The zero-order chi connectivity index (χ0) is 16.2. The Balaban J connectivity index is 1.52. The molecule has 0 amide bonds. The zero-order valence-corrected chi connectivity index (χ0v) is 13.8. The predicted octanol–water partition coefficient (Wildman–Crippen LogP) is 0.153. The average molecular weight is 319 g/mol. The van der Waals surface area contributed by atoms with Gasteiger partial charge in [0.15, 0.2) is 0 Å². The van der Waals surface area contributed by atoms with E-state index >= 15 is 0 Å². The molecular formula is C15H25N7O. The van der Waals surface area contributed by atoms with Crippen molar-refractivity contribution in [3.05, 3.63) is 29.9 Å². The van der Waals surface area contributed by atoms with Gasteiger partial charge in [-0.1, -0.05) is 0 Å². The van der Waals surface area contributed by atoms with Crippen LogP contribution in [0.1, 0.15) is 36.1 Å². The molecule has 1 aliphatic rings. The first-order chi connectivity index (χ1) is 11.2. The second-order valence-corrected chi connectivity index (χ2v) is 6.14. The fourth-order valence-electron chi connectivity index (χ4n) is 2.95. The molecule has 0 spiro atoms. The van der Waals surface area contributed by atoms with E-state index in [4.69, 9.17) is 10.5 Å². The SMILES string of the molecule is COCCn1cncc1CNCc1nnc(C2CC(N)C2)n1C. The number of rotatable bonds is 8. The minimum atomic E-state index is 0.325. The first-order valence-corrected chi connectivity index (χ1v) is 8.01. The molecule has 2 aromatic heterocycles. The molecule has 1 saturated carbocycles. The highest BCUT2D eigenvalue weighted by Crippen LogP contribution is 2.34. The van der Waals surface area contributed by atoms with Gasteiger partial charge < -0.3 is 24.9 Å². The van der Waals surface area contributed by atoms with Gasteiger partial charge in [0, 0.05) is 45.4 Å². The van der Waals surface area contributed by atoms with E-state index in [1.807, 2.05) is 19.6 Å². The molecule has 8 nitrogen and oxygen atoms in total. The average Bonchev–Trinajstić information content (AvgIpc) is 3.10. The number of nitrogens with zero attached hydrogens (tertiary/aromatic N) is 5. The molecule has 0 aromatic carbocycles. The normalized spacial score (nSPS) is 20.7. The molecule has 0 saturated heterocycles. The van der Waals surface area contributed by atoms with Gasteiger partial charge in [-0.25, -0.2) is 4.98 Å². The molecule has 23 heavy (non-hydrogen) atoms. The number of imidazole rings is 1. The molecule has 3 N–H and O–H groups in total. The summed E-state index contributed by atoms with van der Waals surface area (Å²) in [6, 6.07) is 0.325. The van der Waals surface area contributed by atoms with E-state index in [1.54, 1.807) is 7.11 Å². The Morgan fingerprint density at radius 2 is 2.17 bits per heavy atom. The maximum Gasteiger partial charge on any atom is 0.146 e. The van der Waals surface area contributed by atoms with Gasteiger partial charge in [-0.05, 0) is 12.8 Å². The highest BCUT2D eigenvalue weighted by atomic mass is 16.5. The minimum absolute atomic E-state index is 0.325. The monoisotopic (exact) mass is 319 g/mol. The topological polar surface area (TPSA) is 95.8 Å². The molecule has 0 bridgehead atoms. The molecule has 2 heterocycles. The Morgan fingerprint density at radius 1 is 1.35 bits per heavy atom. The van der Waals surface area contributed by atoms with Crippen LogP contribution in [-0.2, 0) is 31.4 Å². The largest absolute Gasteiger partial charge is 0.383 e. The second kappa shape index (κ2) is 7.20. The third-order valence-electron chi connectivity index (χ3n) is 4.46. The lowest BCUT2D eigenvalue weighted by Crippen LogP contribution is -2.36. The smallest absolute Gasteiger partial charge is 0.146 e. The van der Waals surface area contributed by atoms with Gasteiger partial charge in [0.2, 0.25) is 0 Å². The fraction of sp³-hybridized carbons (Fsp3) is 0.667. The molecule has 2 aromatic rings. The molecule has 0 radical (unpaired) electrons. The lowest BCUT2D eigenvalue weighted by molar-refractivity contribution is 0.186. The first kappa shape index (κ1) is 16.1. The summed E-state index contributed by atoms with van der Waals surface area (Å²) >= 11 is 0. The van der Waals surface area contributed by atoms with Crippen LogP contribution in [-0.4, -0.2) is 44.1 Å². The molecule has 126 valence electrons. The number of nitrogens with one attached hydrogen (secondary N) is 1. The number of aromatic nitrogens is 5. The van der Waals surface area contributed by atoms with Crippen molar-refractivity contribution in [3.8, 4) is 0 Å². The van der Waals surface area contributed by atoms with Gasteiger partial charge in [0.25, 0.3) is 0 Å². The van der Waals surface area contributed by atoms with Gasteiger partial charge in [0.1, 0.15) is 11.6 Å². The van der Waals surface area contributed by atoms with E-state index in [9.17, 15) is 0 Å². The van der Waals surface area contributed by atoms with Crippen LogP contribution in [0.4, 0.5) is 0 Å². The summed E-state index contributed by atoms with van der Waals surface area (Å²) in [6.45, 7) is 2.90. The van der Waals surface area contributed by atoms with Crippen LogP contribution < -0.4 is 11.1 Å². The molecule has 1 fully saturated rings. The van der Waals surface area contributed by atoms with Gasteiger partial charge in [-0.2, -0.15) is 0 Å². The van der Waals surface area contributed by atoms with Crippen molar-refractivity contribution in [1.29, 1.82) is 0 Å². The third kappa shape index (κ3) is 3.60. The van der Waals surface area contributed by atoms with Crippen molar-refractivity contribution >= 4 is 0 Å². The Hall–Kier alpha value is -1.77. The molecule has 0 atom stereocenters. The highest BCUT2D eigenvalue weighted by molar-refractivity contribution is 5.08. The van der Waals surface area contributed by atoms with E-state index < -0.39 is 0 Å². The van der Waals surface area contributed by atoms with E-state index in [0.29, 0.717) is 25.1 Å². The molecule has 8 heteroatoms. The highest BCUT2D eigenvalue weighted by Gasteiger charge is 2.31. The maximum atomic E-state index is 5.86. The lowest BCUT2D eigenvalue weighted by Gasteiger charge is -2.31. The molecule has 1 aliphatic carbocycles. The fourth-order valence-corrected chi connectivity index (χ4v) is 2.95. The Labute approximate surface area is 136 Å². The van der Waals surface area contributed by atoms with Crippen molar-refractivity contribution in [2.24, 2.45) is 12.8 Å². The lowest BCUT2D eigenvalue weighted by atomic mass is 9.80. The summed E-state index contributed by atoms with van der Waals surface area (Å²) in [6.07, 6.45) is 5.73. The van der Waals surface area contributed by atoms with Crippen molar-refractivity contribution < 1.29 is 4.74 Å². The number of hydrogen-bond acceptors (Lipinski definition) is 6. The Bertz CT molecular complexity index is 630. The van der Waals surface area contributed by atoms with E-state index in [1.165, 1.54) is 0 Å². The van der Waals surface area contributed by atoms with Crippen LogP contribution in [0.15, 0.2) is 12.5 Å². The van der Waals surface area contributed by atoms with Crippen LogP contribution in [0.2, 0.25) is 0 Å². The quantitative estimate of drug-likeness (QED) is 0.719.